The first-order valence-corrected chi connectivity index (χ1v) is 7.70. The quantitative estimate of drug-likeness (QED) is 0.659. The van der Waals surface area contributed by atoms with E-state index in [1.807, 2.05) is 0 Å². The summed E-state index contributed by atoms with van der Waals surface area (Å²) in [6, 6.07) is 7.30. The van der Waals surface area contributed by atoms with Gasteiger partial charge in [-0.25, -0.2) is 4.21 Å². The number of fused-ring (bicyclic) bond motifs is 2. The molecule has 2 aromatic rings. The predicted octanol–water partition coefficient (Wildman–Crippen LogP) is 1.96. The van der Waals surface area contributed by atoms with Crippen LogP contribution in [-0.4, -0.2) is 24.9 Å². The third-order valence-corrected chi connectivity index (χ3v) is 6.02. The number of ketones is 2. The van der Waals surface area contributed by atoms with Gasteiger partial charge in [-0.2, -0.15) is 0 Å². The second-order valence-corrected chi connectivity index (χ2v) is 7.61. The number of benzene rings is 2. The molecule has 0 fully saturated rings. The number of rotatable bonds is 0. The minimum Gasteiger partial charge on any atom is -0.301 e. The fourth-order valence-corrected chi connectivity index (χ4v) is 4.26. The second kappa shape index (κ2) is 2.95. The molecule has 0 amide bonds. The van der Waals surface area contributed by atoms with Crippen LogP contribution in [0.2, 0.25) is 0 Å². The summed E-state index contributed by atoms with van der Waals surface area (Å²) in [7, 11) is -5.27. The van der Waals surface area contributed by atoms with Crippen molar-refractivity contribution >= 4 is 21.2 Å². The van der Waals surface area contributed by atoms with Crippen molar-refractivity contribution in [1.29, 1.82) is 0 Å². The van der Waals surface area contributed by atoms with Crippen molar-refractivity contribution in [2.75, 3.05) is 0 Å². The summed E-state index contributed by atoms with van der Waals surface area (Å²) in [6.07, 6.45) is 0. The van der Waals surface area contributed by atoms with Crippen LogP contribution < -0.4 is 0 Å². The van der Waals surface area contributed by atoms with E-state index in [0.717, 1.165) is 12.1 Å². The molecular weight excluding hydrogens is 280 g/mol. The Labute approximate surface area is 113 Å². The zero-order valence-corrected chi connectivity index (χ0v) is 10.8. The molecule has 6 bridgehead atoms. The van der Waals surface area contributed by atoms with Crippen LogP contribution in [0.15, 0.2) is 46.2 Å². The van der Waals surface area contributed by atoms with E-state index in [9.17, 15) is 22.9 Å². The summed E-state index contributed by atoms with van der Waals surface area (Å²) in [4.78, 5) is 24.1. The largest absolute Gasteiger partial charge is 0.301 e. The van der Waals surface area contributed by atoms with Crippen LogP contribution >= 0.6 is 0 Å². The summed E-state index contributed by atoms with van der Waals surface area (Å²) in [5.41, 5.74) is 0.477. The third kappa shape index (κ3) is 1.12. The monoisotopic (exact) mass is 288 g/mol. The fourth-order valence-electron chi connectivity index (χ4n) is 2.70. The standard InChI is InChI=1S/C14H8O5S/c15-13-9-3-1-7-5-11(9)14(16)10-4-2-8(6-12(10)13)20(7,17,18)19/h1-6H,(H2,17,18,19). The average molecular weight is 288 g/mol. The van der Waals surface area contributed by atoms with Crippen LogP contribution in [0.1, 0.15) is 31.8 Å². The van der Waals surface area contributed by atoms with Crippen molar-refractivity contribution in [2.45, 2.75) is 9.79 Å². The zero-order chi connectivity index (χ0) is 14.3. The Balaban J connectivity index is 2.36. The topological polar surface area (TPSA) is 91.7 Å². The van der Waals surface area contributed by atoms with Crippen molar-refractivity contribution in [2.24, 2.45) is 0 Å². The summed E-state index contributed by atoms with van der Waals surface area (Å²) < 4.78 is 33.2. The molecule has 7 rings (SSSR count). The van der Waals surface area contributed by atoms with Gasteiger partial charge in [0, 0.05) is 22.3 Å². The van der Waals surface area contributed by atoms with Crippen LogP contribution in [0.3, 0.4) is 0 Å². The van der Waals surface area contributed by atoms with Crippen LogP contribution in [0.5, 0.6) is 0 Å². The lowest BCUT2D eigenvalue weighted by Crippen LogP contribution is -2.31. The average Bonchev–Trinajstić information content (AvgIpc) is 2.47. The van der Waals surface area contributed by atoms with Gasteiger partial charge in [0.15, 0.2) is 11.6 Å². The maximum absolute atomic E-state index is 12.6. The molecule has 20 heavy (non-hydrogen) atoms. The minimum atomic E-state index is -5.27. The van der Waals surface area contributed by atoms with Gasteiger partial charge in [0.05, 0.1) is 9.79 Å². The highest BCUT2D eigenvalue weighted by molar-refractivity contribution is 8.10. The highest BCUT2D eigenvalue weighted by atomic mass is 32.3. The Morgan fingerprint density at radius 3 is 1.50 bits per heavy atom. The first-order chi connectivity index (χ1) is 9.28. The molecule has 4 heterocycles. The van der Waals surface area contributed by atoms with E-state index in [-0.39, 0.29) is 43.6 Å². The summed E-state index contributed by atoms with van der Waals surface area (Å²) in [6.45, 7) is 0. The third-order valence-electron chi connectivity index (χ3n) is 3.81. The van der Waals surface area contributed by atoms with Crippen molar-refractivity contribution in [1.82, 2.24) is 0 Å². The first kappa shape index (κ1) is 11.7. The van der Waals surface area contributed by atoms with Crippen molar-refractivity contribution < 1.29 is 22.9 Å². The van der Waals surface area contributed by atoms with Crippen molar-refractivity contribution in [3.8, 4) is 0 Å². The van der Waals surface area contributed by atoms with Crippen LogP contribution in [0.4, 0.5) is 0 Å². The predicted molar refractivity (Wildman–Crippen MR) is 69.7 cm³/mol. The Hall–Kier alpha value is -2.15. The molecule has 2 N–H and O–H groups in total. The molecule has 5 nitrogen and oxygen atoms in total. The Kier molecular flexibility index (Phi) is 1.72. The summed E-state index contributed by atoms with van der Waals surface area (Å²) >= 11 is 0. The molecule has 4 aliphatic heterocycles. The number of carbonyl (C=O) groups excluding carboxylic acids is 2. The molecule has 2 aromatic carbocycles. The van der Waals surface area contributed by atoms with Gasteiger partial charge in [-0.05, 0) is 36.4 Å². The molecule has 0 unspecified atom stereocenters. The Morgan fingerprint density at radius 2 is 1.10 bits per heavy atom. The van der Waals surface area contributed by atoms with Gasteiger partial charge in [-0.15, -0.1) is 0 Å². The SMILES string of the molecule is O=C1c2ccc3cc2C(=O)c2ccc(cc21)S3(=O)(O)O. The zero-order valence-electron chi connectivity index (χ0n) is 9.99. The van der Waals surface area contributed by atoms with E-state index < -0.39 is 9.63 Å². The van der Waals surface area contributed by atoms with Gasteiger partial charge in [0.25, 0.3) is 0 Å². The number of carbonyl (C=O) groups is 2. The van der Waals surface area contributed by atoms with E-state index in [0.29, 0.717) is 0 Å². The molecule has 6 heteroatoms. The van der Waals surface area contributed by atoms with E-state index in [1.54, 1.807) is 0 Å². The fraction of sp³-hybridized carbons (Fsp3) is 0. The molecule has 0 spiro atoms. The molecule has 0 saturated carbocycles. The minimum absolute atomic E-state index is 0.0504. The number of hydrogen-bond acceptors (Lipinski definition) is 3. The molecule has 100 valence electrons. The smallest absolute Gasteiger partial charge is 0.194 e. The van der Waals surface area contributed by atoms with E-state index in [2.05, 4.69) is 0 Å². The first-order valence-electron chi connectivity index (χ1n) is 5.82. The lowest BCUT2D eigenvalue weighted by molar-refractivity contribution is 0.0978. The normalized spacial score (nSPS) is 22.0. The Morgan fingerprint density at radius 1 is 0.700 bits per heavy atom. The van der Waals surface area contributed by atoms with Gasteiger partial charge in [-0.3, -0.25) is 9.59 Å². The van der Waals surface area contributed by atoms with Gasteiger partial charge in [-0.1, -0.05) is 0 Å². The molecule has 0 atom stereocenters. The lowest BCUT2D eigenvalue weighted by atomic mass is 9.84. The maximum Gasteiger partial charge on any atom is 0.194 e. The van der Waals surface area contributed by atoms with E-state index >= 15 is 0 Å². The van der Waals surface area contributed by atoms with Gasteiger partial charge in [0.1, 0.15) is 9.63 Å². The van der Waals surface area contributed by atoms with Crippen molar-refractivity contribution in [3.63, 3.8) is 0 Å². The summed E-state index contributed by atoms with van der Waals surface area (Å²) in [5, 5.41) is 0. The number of hydrogen-bond donors (Lipinski definition) is 2. The highest BCUT2D eigenvalue weighted by Gasteiger charge is 2.42. The Bertz CT molecular complexity index is 850. The molecule has 1 aliphatic carbocycles. The van der Waals surface area contributed by atoms with E-state index in [4.69, 9.17) is 0 Å². The maximum atomic E-state index is 12.6. The second-order valence-electron chi connectivity index (χ2n) is 4.94. The van der Waals surface area contributed by atoms with Crippen molar-refractivity contribution in [3.05, 3.63) is 58.7 Å². The summed E-state index contributed by atoms with van der Waals surface area (Å²) in [5.74, 6) is -0.763. The van der Waals surface area contributed by atoms with E-state index in [1.165, 1.54) is 24.3 Å². The molecule has 0 aromatic heterocycles. The van der Waals surface area contributed by atoms with Gasteiger partial charge in [0.2, 0.25) is 0 Å². The molecule has 5 aliphatic rings. The van der Waals surface area contributed by atoms with Crippen LogP contribution in [-0.2, 0) is 9.63 Å². The van der Waals surface area contributed by atoms with Gasteiger partial charge < -0.3 is 9.11 Å². The lowest BCUT2D eigenvalue weighted by Gasteiger charge is -2.30. The van der Waals surface area contributed by atoms with Gasteiger partial charge >= 0.3 is 0 Å². The molecular formula is C14H8O5S. The molecule has 0 radical (unpaired) electrons. The highest BCUT2D eigenvalue weighted by Crippen LogP contribution is 2.43. The van der Waals surface area contributed by atoms with Crippen LogP contribution in [0, 0.1) is 0 Å². The molecule has 0 saturated heterocycles. The van der Waals surface area contributed by atoms with Crippen LogP contribution in [0.25, 0.3) is 0 Å².